The molecule has 0 aromatic heterocycles. The van der Waals surface area contributed by atoms with E-state index < -0.39 is 0 Å². The summed E-state index contributed by atoms with van der Waals surface area (Å²) in [4.78, 5) is 1.28. The highest BCUT2D eigenvalue weighted by atomic mass is 79.9. The molecular formula is C10H9BrS. The van der Waals surface area contributed by atoms with E-state index in [0.717, 1.165) is 11.1 Å². The Balaban J connectivity index is 2.34. The van der Waals surface area contributed by atoms with Crippen LogP contribution in [0.25, 0.3) is 0 Å². The molecule has 1 rings (SSSR count). The molecule has 0 bridgehead atoms. The van der Waals surface area contributed by atoms with Crippen LogP contribution >= 0.6 is 27.7 Å². The maximum atomic E-state index is 3.25. The number of benzene rings is 1. The third-order valence-electron chi connectivity index (χ3n) is 1.25. The van der Waals surface area contributed by atoms with E-state index in [1.807, 2.05) is 18.2 Å². The lowest BCUT2D eigenvalue weighted by Crippen LogP contribution is -1.73. The SMILES string of the molecule is BrCC#CCSc1ccccc1. The smallest absolute Gasteiger partial charge is 0.0645 e. The van der Waals surface area contributed by atoms with Crippen LogP contribution in [0.4, 0.5) is 0 Å². The molecule has 0 N–H and O–H groups in total. The quantitative estimate of drug-likeness (QED) is 0.435. The van der Waals surface area contributed by atoms with Crippen molar-refractivity contribution in [2.24, 2.45) is 0 Å². The van der Waals surface area contributed by atoms with Gasteiger partial charge in [-0.1, -0.05) is 46.0 Å². The van der Waals surface area contributed by atoms with Crippen molar-refractivity contribution in [3.8, 4) is 11.8 Å². The molecule has 12 heavy (non-hydrogen) atoms. The minimum Gasteiger partial charge on any atom is -0.113 e. The Morgan fingerprint density at radius 2 is 1.92 bits per heavy atom. The molecule has 0 unspecified atom stereocenters. The maximum Gasteiger partial charge on any atom is 0.0645 e. The average Bonchev–Trinajstić information content (AvgIpc) is 2.14. The van der Waals surface area contributed by atoms with Crippen molar-refractivity contribution in [2.75, 3.05) is 11.1 Å². The summed E-state index contributed by atoms with van der Waals surface area (Å²) in [6.07, 6.45) is 0. The molecule has 0 aliphatic carbocycles. The summed E-state index contributed by atoms with van der Waals surface area (Å²) in [7, 11) is 0. The molecule has 0 amide bonds. The van der Waals surface area contributed by atoms with E-state index >= 15 is 0 Å². The topological polar surface area (TPSA) is 0 Å². The first kappa shape index (κ1) is 9.70. The fraction of sp³-hybridized carbons (Fsp3) is 0.200. The highest BCUT2D eigenvalue weighted by molar-refractivity contribution is 9.09. The summed E-state index contributed by atoms with van der Waals surface area (Å²) in [5.41, 5.74) is 0. The molecule has 1 aromatic rings. The van der Waals surface area contributed by atoms with Crippen molar-refractivity contribution < 1.29 is 0 Å². The number of hydrogen-bond acceptors (Lipinski definition) is 1. The largest absolute Gasteiger partial charge is 0.113 e. The monoisotopic (exact) mass is 240 g/mol. The molecule has 62 valence electrons. The maximum absolute atomic E-state index is 3.25. The van der Waals surface area contributed by atoms with Crippen molar-refractivity contribution in [1.29, 1.82) is 0 Å². The minimum absolute atomic E-state index is 0.766. The summed E-state index contributed by atoms with van der Waals surface area (Å²) in [6.45, 7) is 0. The predicted molar refractivity (Wildman–Crippen MR) is 58.7 cm³/mol. The molecule has 0 nitrogen and oxygen atoms in total. The minimum atomic E-state index is 0.766. The molecule has 0 fully saturated rings. The molecule has 0 saturated carbocycles. The molecular weight excluding hydrogens is 232 g/mol. The summed E-state index contributed by atoms with van der Waals surface area (Å²) in [5.74, 6) is 6.88. The molecule has 0 heterocycles. The molecule has 0 saturated heterocycles. The molecule has 1 aromatic carbocycles. The van der Waals surface area contributed by atoms with Gasteiger partial charge in [-0.15, -0.1) is 11.8 Å². The van der Waals surface area contributed by atoms with Crippen LogP contribution < -0.4 is 0 Å². The van der Waals surface area contributed by atoms with E-state index in [1.54, 1.807) is 11.8 Å². The number of rotatable bonds is 2. The first-order chi connectivity index (χ1) is 5.93. The van der Waals surface area contributed by atoms with E-state index in [4.69, 9.17) is 0 Å². The van der Waals surface area contributed by atoms with Gasteiger partial charge in [0.25, 0.3) is 0 Å². The Morgan fingerprint density at radius 1 is 1.17 bits per heavy atom. The zero-order chi connectivity index (χ0) is 8.65. The van der Waals surface area contributed by atoms with E-state index in [1.165, 1.54) is 4.90 Å². The van der Waals surface area contributed by atoms with Gasteiger partial charge in [-0.3, -0.25) is 0 Å². The van der Waals surface area contributed by atoms with Crippen LogP contribution in [0.15, 0.2) is 35.2 Å². The standard InChI is InChI=1S/C10H9BrS/c11-8-4-5-9-12-10-6-2-1-3-7-10/h1-3,6-7H,8-9H2. The van der Waals surface area contributed by atoms with Gasteiger partial charge in [0.15, 0.2) is 0 Å². The number of alkyl halides is 1. The van der Waals surface area contributed by atoms with Gasteiger partial charge < -0.3 is 0 Å². The third-order valence-corrected chi connectivity index (χ3v) is 2.42. The zero-order valence-electron chi connectivity index (χ0n) is 6.59. The van der Waals surface area contributed by atoms with Crippen LogP contribution in [0.3, 0.4) is 0 Å². The Morgan fingerprint density at radius 3 is 2.58 bits per heavy atom. The van der Waals surface area contributed by atoms with Gasteiger partial charge in [-0.2, -0.15) is 0 Å². The van der Waals surface area contributed by atoms with Gasteiger partial charge in [0, 0.05) is 4.90 Å². The average molecular weight is 241 g/mol. The molecule has 0 radical (unpaired) electrons. The lowest BCUT2D eigenvalue weighted by atomic mass is 10.4. The van der Waals surface area contributed by atoms with Crippen molar-refractivity contribution in [3.63, 3.8) is 0 Å². The highest BCUT2D eigenvalue weighted by Crippen LogP contribution is 2.15. The van der Waals surface area contributed by atoms with Crippen molar-refractivity contribution in [2.45, 2.75) is 4.90 Å². The normalized spacial score (nSPS) is 8.75. The summed E-state index contributed by atoms with van der Waals surface area (Å²) in [6, 6.07) is 10.3. The summed E-state index contributed by atoms with van der Waals surface area (Å²) < 4.78 is 0. The number of halogens is 1. The van der Waals surface area contributed by atoms with E-state index in [9.17, 15) is 0 Å². The molecule has 0 aliphatic rings. The lowest BCUT2D eigenvalue weighted by molar-refractivity contribution is 1.46. The molecule has 0 spiro atoms. The Bertz CT molecular complexity index is 271. The third kappa shape index (κ3) is 3.85. The summed E-state index contributed by atoms with van der Waals surface area (Å²) >= 11 is 5.02. The Labute approximate surface area is 85.9 Å². The van der Waals surface area contributed by atoms with Crippen LogP contribution in [-0.4, -0.2) is 11.1 Å². The van der Waals surface area contributed by atoms with Gasteiger partial charge in [-0.25, -0.2) is 0 Å². The highest BCUT2D eigenvalue weighted by Gasteiger charge is 1.87. The lowest BCUT2D eigenvalue weighted by Gasteiger charge is -1.93. The van der Waals surface area contributed by atoms with Crippen molar-refractivity contribution >= 4 is 27.7 Å². The fourth-order valence-electron chi connectivity index (χ4n) is 0.734. The summed E-state index contributed by atoms with van der Waals surface area (Å²) in [5, 5.41) is 0.766. The second kappa shape index (κ2) is 6.16. The first-order valence-corrected chi connectivity index (χ1v) is 5.73. The number of thioether (sulfide) groups is 1. The van der Waals surface area contributed by atoms with Crippen LogP contribution in [-0.2, 0) is 0 Å². The van der Waals surface area contributed by atoms with Crippen molar-refractivity contribution in [3.05, 3.63) is 30.3 Å². The van der Waals surface area contributed by atoms with Gasteiger partial charge >= 0.3 is 0 Å². The Hall–Kier alpha value is -0.390. The Kier molecular flexibility index (Phi) is 4.98. The van der Waals surface area contributed by atoms with Crippen molar-refractivity contribution in [1.82, 2.24) is 0 Å². The first-order valence-electron chi connectivity index (χ1n) is 3.63. The van der Waals surface area contributed by atoms with E-state index in [-0.39, 0.29) is 0 Å². The van der Waals surface area contributed by atoms with Crippen LogP contribution in [0, 0.1) is 11.8 Å². The van der Waals surface area contributed by atoms with Crippen LogP contribution in [0.1, 0.15) is 0 Å². The zero-order valence-corrected chi connectivity index (χ0v) is 8.99. The second-order valence-corrected chi connectivity index (χ2v) is 3.70. The predicted octanol–water partition coefficient (Wildman–Crippen LogP) is 3.18. The van der Waals surface area contributed by atoms with Gasteiger partial charge in [-0.05, 0) is 12.1 Å². The molecule has 2 heteroatoms. The van der Waals surface area contributed by atoms with Crippen LogP contribution in [0.5, 0.6) is 0 Å². The fourth-order valence-corrected chi connectivity index (χ4v) is 1.62. The van der Waals surface area contributed by atoms with Gasteiger partial charge in [0.1, 0.15) is 0 Å². The number of hydrogen-bond donors (Lipinski definition) is 0. The second-order valence-electron chi connectivity index (χ2n) is 2.09. The van der Waals surface area contributed by atoms with Gasteiger partial charge in [0.05, 0.1) is 11.1 Å². The van der Waals surface area contributed by atoms with E-state index in [0.29, 0.717) is 0 Å². The molecule has 0 aliphatic heterocycles. The van der Waals surface area contributed by atoms with Gasteiger partial charge in [0.2, 0.25) is 0 Å². The molecule has 0 atom stereocenters. The van der Waals surface area contributed by atoms with E-state index in [2.05, 4.69) is 39.9 Å². The van der Waals surface area contributed by atoms with Crippen LogP contribution in [0.2, 0.25) is 0 Å².